The molecule has 0 bridgehead atoms. The van der Waals surface area contributed by atoms with Crippen LogP contribution in [0, 0.1) is 21.1 Å². The molecule has 0 unspecified atom stereocenters. The summed E-state index contributed by atoms with van der Waals surface area (Å²) < 4.78 is 35.1. The Hall–Kier alpha value is -4.88. The molecular weight excluding hydrogens is 859 g/mol. The molecule has 2 aromatic rings. The Kier molecular flexibility index (Phi) is 13.3. The molecule has 0 radical (unpaired) electrons. The van der Waals surface area contributed by atoms with Crippen LogP contribution in [0.15, 0.2) is 42.5 Å². The van der Waals surface area contributed by atoms with Gasteiger partial charge in [-0.25, -0.2) is 18.4 Å². The molecule has 4 heterocycles. The number of hydrogen-bond donors (Lipinski definition) is 4. The summed E-state index contributed by atoms with van der Waals surface area (Å²) in [5, 5.41) is 10.5. The van der Waals surface area contributed by atoms with E-state index in [0.29, 0.717) is 37.4 Å². The minimum Gasteiger partial charge on any atom is -0.461 e. The zero-order valence-corrected chi connectivity index (χ0v) is 33.8. The van der Waals surface area contributed by atoms with Gasteiger partial charge in [-0.3, -0.25) is 24.0 Å². The van der Waals surface area contributed by atoms with E-state index in [2.05, 4.69) is 43.9 Å². The number of nitrogens with one attached hydrogen (secondary N) is 4. The third-order valence-electron chi connectivity index (χ3n) is 10.8. The lowest BCUT2D eigenvalue weighted by molar-refractivity contribution is -0.158. The number of rotatable bonds is 6. The topological polar surface area (TPSA) is 187 Å². The fourth-order valence-corrected chi connectivity index (χ4v) is 8.38. The van der Waals surface area contributed by atoms with E-state index in [0.717, 1.165) is 15.7 Å². The molecule has 15 nitrogen and oxygen atoms in total. The Balaban J connectivity index is 1.31. The number of nitrogens with zero attached hydrogens (tertiary/aromatic N) is 3. The Morgan fingerprint density at radius 3 is 2.25 bits per heavy atom. The largest absolute Gasteiger partial charge is 0.461 e. The van der Waals surface area contributed by atoms with Crippen molar-refractivity contribution < 1.29 is 47.1 Å². The molecule has 4 saturated heterocycles. The first-order valence-corrected chi connectivity index (χ1v) is 20.2. The van der Waals surface area contributed by atoms with Crippen molar-refractivity contribution in [3.63, 3.8) is 0 Å². The monoisotopic (exact) mass is 905 g/mol. The van der Waals surface area contributed by atoms with Gasteiger partial charge >= 0.3 is 12.0 Å². The highest BCUT2D eigenvalue weighted by molar-refractivity contribution is 14.1. The van der Waals surface area contributed by atoms with Gasteiger partial charge < -0.3 is 40.7 Å². The van der Waals surface area contributed by atoms with Crippen molar-refractivity contribution in [1.82, 2.24) is 30.7 Å². The van der Waals surface area contributed by atoms with E-state index in [9.17, 15) is 42.3 Å². The van der Waals surface area contributed by atoms with Crippen molar-refractivity contribution in [3.05, 3.63) is 63.2 Å². The van der Waals surface area contributed by atoms with E-state index in [1.54, 1.807) is 24.3 Å². The van der Waals surface area contributed by atoms with Crippen molar-refractivity contribution >= 4 is 69.8 Å². The summed E-state index contributed by atoms with van der Waals surface area (Å²) in [4.78, 5) is 101. The second kappa shape index (κ2) is 18.1. The summed E-state index contributed by atoms with van der Waals surface area (Å²) in [5.74, 6) is -5.93. The van der Waals surface area contributed by atoms with Crippen LogP contribution in [0.2, 0.25) is 0 Å². The second-order valence-electron chi connectivity index (χ2n) is 15.1. The van der Waals surface area contributed by atoms with E-state index >= 15 is 0 Å². The number of hydrogen-bond acceptors (Lipinski definition) is 8. The van der Waals surface area contributed by atoms with Gasteiger partial charge in [0.25, 0.3) is 0 Å². The maximum Gasteiger partial charge on any atom is 0.328 e. The SMILES string of the molecule is C[C@H]1C[C@H]2C(=O)OC[C@H](NC(=O)[C@H](Cc3cc(F)cc(F)c3)NC(=O)Nc3ccc(I)cc3)C(=O)N3CCC[C@H]3C(=O)N3CCCC[C@H]3C(=O)N[C@@H](C)C(=O)N2C1. The molecule has 4 N–H and O–H groups in total. The number of carbonyl (C=O) groups excluding carboxylic acids is 7. The van der Waals surface area contributed by atoms with Crippen LogP contribution in [-0.4, -0.2) is 119 Å². The van der Waals surface area contributed by atoms with Crippen molar-refractivity contribution in [2.45, 2.75) is 95.0 Å². The number of benzene rings is 2. The Bertz CT molecular complexity index is 1880. The molecule has 18 heteroatoms. The summed E-state index contributed by atoms with van der Waals surface area (Å²) in [6, 6.07) is 1.58. The number of ether oxygens (including phenoxy) is 1. The lowest BCUT2D eigenvalue weighted by atomic mass is 9.99. The molecule has 306 valence electrons. The standard InChI is InChI=1S/C39H46F2IN7O8/c1-21-14-32-38(55)57-20-29(45-33(50)28(17-23-15-24(40)18-25(41)16-23)46-39(56)44-27-10-8-26(42)9-11-27)36(53)48-13-5-7-31(48)37(54)47-12-4-3-6-30(47)34(51)43-22(2)35(52)49(32)19-21/h8-11,15-16,18,21-22,28-32H,3-7,12-14,17,19-20H2,1-2H3,(H,43,51)(H,45,50)(H2,44,46,56)/t21-,22-,28-,29-,30-,31-,32-/m0/s1. The van der Waals surface area contributed by atoms with Gasteiger partial charge in [-0.1, -0.05) is 6.92 Å². The number of urea groups is 1. The van der Waals surface area contributed by atoms with Gasteiger partial charge in [-0.05, 0) is 116 Å². The molecule has 0 aromatic heterocycles. The average molecular weight is 906 g/mol. The highest BCUT2D eigenvalue weighted by Crippen LogP contribution is 2.28. The molecule has 4 aliphatic rings. The van der Waals surface area contributed by atoms with Crippen LogP contribution in [0.4, 0.5) is 19.3 Å². The smallest absolute Gasteiger partial charge is 0.328 e. The first kappa shape index (κ1) is 41.7. The van der Waals surface area contributed by atoms with Gasteiger partial charge in [0.2, 0.25) is 29.5 Å². The number of cyclic esters (lactones) is 1. The van der Waals surface area contributed by atoms with Crippen molar-refractivity contribution in [2.75, 3.05) is 31.6 Å². The normalized spacial score (nSPS) is 26.5. The molecule has 7 amide bonds. The van der Waals surface area contributed by atoms with Crippen molar-refractivity contribution in [2.24, 2.45) is 5.92 Å². The number of fused-ring (bicyclic) bond motifs is 3. The first-order chi connectivity index (χ1) is 27.2. The molecule has 2 aromatic carbocycles. The Labute approximate surface area is 342 Å². The first-order valence-electron chi connectivity index (χ1n) is 19.2. The number of piperidine rings is 1. The number of esters is 1. The van der Waals surface area contributed by atoms with E-state index in [1.807, 2.05) is 6.92 Å². The third-order valence-corrected chi connectivity index (χ3v) is 11.5. The minimum absolute atomic E-state index is 0.0256. The van der Waals surface area contributed by atoms with Crippen LogP contribution in [0.1, 0.15) is 57.9 Å². The van der Waals surface area contributed by atoms with Crippen molar-refractivity contribution in [1.29, 1.82) is 0 Å². The van der Waals surface area contributed by atoms with Gasteiger partial charge in [0.1, 0.15) is 54.5 Å². The third kappa shape index (κ3) is 9.99. The zero-order valence-electron chi connectivity index (χ0n) is 31.6. The van der Waals surface area contributed by atoms with Crippen LogP contribution in [0.25, 0.3) is 0 Å². The van der Waals surface area contributed by atoms with Crippen LogP contribution >= 0.6 is 22.6 Å². The van der Waals surface area contributed by atoms with E-state index in [-0.39, 0.29) is 44.0 Å². The van der Waals surface area contributed by atoms with E-state index in [4.69, 9.17) is 4.74 Å². The lowest BCUT2D eigenvalue weighted by Gasteiger charge is -2.39. The van der Waals surface area contributed by atoms with E-state index < -0.39 is 102 Å². The predicted molar refractivity (Wildman–Crippen MR) is 209 cm³/mol. The molecule has 6 rings (SSSR count). The zero-order chi connectivity index (χ0) is 41.0. The maximum atomic E-state index is 14.5. The predicted octanol–water partition coefficient (Wildman–Crippen LogP) is 2.46. The number of anilines is 1. The summed E-state index contributed by atoms with van der Waals surface area (Å²) in [5.41, 5.74) is 0.419. The van der Waals surface area contributed by atoms with Crippen molar-refractivity contribution in [3.8, 4) is 0 Å². The lowest BCUT2D eigenvalue weighted by Crippen LogP contribution is -2.62. The van der Waals surface area contributed by atoms with Gasteiger partial charge in [0.15, 0.2) is 0 Å². The number of carbonyl (C=O) groups is 7. The molecule has 4 aliphatic heterocycles. The molecule has 4 fully saturated rings. The summed E-state index contributed by atoms with van der Waals surface area (Å²) in [6.07, 6.45) is 2.21. The Morgan fingerprint density at radius 2 is 1.53 bits per heavy atom. The molecule has 0 spiro atoms. The van der Waals surface area contributed by atoms with Gasteiger partial charge in [0, 0.05) is 41.4 Å². The van der Waals surface area contributed by atoms with E-state index in [1.165, 1.54) is 21.6 Å². The van der Waals surface area contributed by atoms with Crippen LogP contribution in [-0.2, 0) is 39.9 Å². The molecule has 0 aliphatic carbocycles. The van der Waals surface area contributed by atoms with Crippen LogP contribution in [0.3, 0.4) is 0 Å². The fraction of sp³-hybridized carbons (Fsp3) is 0.513. The summed E-state index contributed by atoms with van der Waals surface area (Å²) >= 11 is 2.10. The summed E-state index contributed by atoms with van der Waals surface area (Å²) in [7, 11) is 0. The maximum absolute atomic E-state index is 14.5. The van der Waals surface area contributed by atoms with Gasteiger partial charge in [0.05, 0.1) is 0 Å². The summed E-state index contributed by atoms with van der Waals surface area (Å²) in [6.45, 7) is 3.29. The number of amides is 7. The number of halogens is 3. The highest BCUT2D eigenvalue weighted by atomic mass is 127. The van der Waals surface area contributed by atoms with Crippen LogP contribution in [0.5, 0.6) is 0 Å². The fourth-order valence-electron chi connectivity index (χ4n) is 8.02. The second-order valence-corrected chi connectivity index (χ2v) is 16.4. The quantitative estimate of drug-likeness (QED) is 0.252. The molecule has 0 saturated carbocycles. The molecule has 7 atom stereocenters. The van der Waals surface area contributed by atoms with Crippen LogP contribution < -0.4 is 21.3 Å². The van der Waals surface area contributed by atoms with Gasteiger partial charge in [-0.15, -0.1) is 0 Å². The average Bonchev–Trinajstić information content (AvgIpc) is 3.82. The minimum atomic E-state index is -1.59. The molecule has 57 heavy (non-hydrogen) atoms. The highest BCUT2D eigenvalue weighted by Gasteiger charge is 2.46. The van der Waals surface area contributed by atoms with Gasteiger partial charge in [-0.2, -0.15) is 0 Å². The molecular formula is C39H46F2IN7O8. The Morgan fingerprint density at radius 1 is 0.860 bits per heavy atom.